The van der Waals surface area contributed by atoms with Gasteiger partial charge in [-0.3, -0.25) is 9.36 Å². The summed E-state index contributed by atoms with van der Waals surface area (Å²) in [6, 6.07) is 14.1. The van der Waals surface area contributed by atoms with E-state index in [1.807, 2.05) is 41.0 Å². The third kappa shape index (κ3) is 3.09. The van der Waals surface area contributed by atoms with E-state index in [1.165, 1.54) is 16.6 Å². The number of aromatic nitrogens is 3. The Hall–Kier alpha value is -2.12. The molecule has 0 amide bonds. The largest absolute Gasteiger partial charge is 0.465 e. The number of carbonyl (C=O) groups excluding carboxylic acids is 1. The Morgan fingerprint density at radius 2 is 2.08 bits per heavy atom. The molecule has 0 spiro atoms. The third-order valence-electron chi connectivity index (χ3n) is 3.76. The highest BCUT2D eigenvalue weighted by atomic mass is 32.2. The summed E-state index contributed by atoms with van der Waals surface area (Å²) in [5, 5.41) is 11.3. The van der Waals surface area contributed by atoms with Crippen molar-refractivity contribution in [2.24, 2.45) is 0 Å². The molecular formula is C17H15N3O2S2. The van der Waals surface area contributed by atoms with Gasteiger partial charge >= 0.3 is 5.97 Å². The first kappa shape index (κ1) is 15.4. The van der Waals surface area contributed by atoms with Crippen molar-refractivity contribution >= 4 is 29.1 Å². The molecular weight excluding hydrogens is 342 g/mol. The number of nitrogens with zero attached hydrogens (tertiary/aromatic N) is 3. The molecule has 24 heavy (non-hydrogen) atoms. The van der Waals surface area contributed by atoms with Gasteiger partial charge < -0.3 is 4.74 Å². The molecule has 1 atom stereocenters. The topological polar surface area (TPSA) is 57.0 Å². The summed E-state index contributed by atoms with van der Waals surface area (Å²) in [5.74, 6) is 0.708. The summed E-state index contributed by atoms with van der Waals surface area (Å²) < 4.78 is 7.10. The smallest absolute Gasteiger partial charge is 0.319 e. The van der Waals surface area contributed by atoms with E-state index in [2.05, 4.69) is 21.6 Å². The summed E-state index contributed by atoms with van der Waals surface area (Å²) in [4.78, 5) is 13.0. The summed E-state index contributed by atoms with van der Waals surface area (Å²) in [6.45, 7) is 0.484. The van der Waals surface area contributed by atoms with Crippen molar-refractivity contribution in [2.45, 2.75) is 23.2 Å². The van der Waals surface area contributed by atoms with Crippen molar-refractivity contribution in [1.29, 1.82) is 0 Å². The second-order valence-corrected chi connectivity index (χ2v) is 7.59. The van der Waals surface area contributed by atoms with E-state index in [0.717, 1.165) is 23.1 Å². The van der Waals surface area contributed by atoms with Crippen LogP contribution in [-0.4, -0.2) is 32.6 Å². The molecule has 0 bridgehead atoms. The van der Waals surface area contributed by atoms with Crippen LogP contribution in [0.1, 0.15) is 17.1 Å². The second kappa shape index (κ2) is 6.78. The SMILES string of the molecule is O=C1OCC[C@H]1Sc1nnc(Cc2cccs2)n1-c1ccccc1. The maximum atomic E-state index is 11.8. The van der Waals surface area contributed by atoms with Crippen molar-refractivity contribution < 1.29 is 9.53 Å². The molecule has 0 radical (unpaired) electrons. The highest BCUT2D eigenvalue weighted by molar-refractivity contribution is 8.00. The quantitative estimate of drug-likeness (QED) is 0.656. The maximum absolute atomic E-state index is 11.8. The van der Waals surface area contributed by atoms with E-state index in [9.17, 15) is 4.79 Å². The number of ether oxygens (including phenoxy) is 1. The number of rotatable bonds is 5. The van der Waals surface area contributed by atoms with Crippen molar-refractivity contribution in [3.05, 3.63) is 58.5 Å². The molecule has 0 aliphatic carbocycles. The number of esters is 1. The Morgan fingerprint density at radius 1 is 1.21 bits per heavy atom. The average molecular weight is 357 g/mol. The Balaban J connectivity index is 1.70. The lowest BCUT2D eigenvalue weighted by Gasteiger charge is -2.11. The predicted molar refractivity (Wildman–Crippen MR) is 93.7 cm³/mol. The lowest BCUT2D eigenvalue weighted by atomic mass is 10.3. The van der Waals surface area contributed by atoms with Gasteiger partial charge in [0.15, 0.2) is 5.16 Å². The number of hydrogen-bond donors (Lipinski definition) is 0. The molecule has 0 saturated carbocycles. The van der Waals surface area contributed by atoms with Crippen LogP contribution in [0.4, 0.5) is 0 Å². The Morgan fingerprint density at radius 3 is 2.79 bits per heavy atom. The van der Waals surface area contributed by atoms with Gasteiger partial charge in [-0.05, 0) is 23.6 Å². The monoisotopic (exact) mass is 357 g/mol. The molecule has 2 aromatic heterocycles. The van der Waals surface area contributed by atoms with Crippen LogP contribution >= 0.6 is 23.1 Å². The van der Waals surface area contributed by atoms with Crippen LogP contribution in [0.5, 0.6) is 0 Å². The van der Waals surface area contributed by atoms with Crippen LogP contribution in [0.3, 0.4) is 0 Å². The summed E-state index contributed by atoms with van der Waals surface area (Å²) in [6.07, 6.45) is 1.43. The Labute approximate surface area is 147 Å². The fourth-order valence-corrected chi connectivity index (χ4v) is 4.35. The molecule has 1 aliphatic heterocycles. The number of thioether (sulfide) groups is 1. The first-order chi connectivity index (χ1) is 11.8. The molecule has 1 aliphatic rings. The number of thiophene rings is 1. The van der Waals surface area contributed by atoms with Gasteiger partial charge in [-0.25, -0.2) is 0 Å². The zero-order valence-electron chi connectivity index (χ0n) is 12.8. The average Bonchev–Trinajstić information content (AvgIpc) is 3.33. The zero-order valence-corrected chi connectivity index (χ0v) is 14.4. The number of cyclic esters (lactones) is 1. The first-order valence-electron chi connectivity index (χ1n) is 7.66. The van der Waals surface area contributed by atoms with Crippen LogP contribution in [0, 0.1) is 0 Å². The van der Waals surface area contributed by atoms with E-state index in [1.54, 1.807) is 11.3 Å². The molecule has 1 fully saturated rings. The Bertz CT molecular complexity index is 831. The van der Waals surface area contributed by atoms with E-state index in [0.29, 0.717) is 13.0 Å². The van der Waals surface area contributed by atoms with Gasteiger partial charge in [0, 0.05) is 23.4 Å². The lowest BCUT2D eigenvalue weighted by Crippen LogP contribution is -2.11. The first-order valence-corrected chi connectivity index (χ1v) is 9.42. The summed E-state index contributed by atoms with van der Waals surface area (Å²) in [7, 11) is 0. The molecule has 4 rings (SSSR count). The van der Waals surface area contributed by atoms with Crippen molar-refractivity contribution in [3.63, 3.8) is 0 Å². The molecule has 0 unspecified atom stereocenters. The molecule has 3 aromatic rings. The van der Waals surface area contributed by atoms with Crippen molar-refractivity contribution in [2.75, 3.05) is 6.61 Å². The number of benzene rings is 1. The third-order valence-corrected chi connectivity index (χ3v) is 5.83. The van der Waals surface area contributed by atoms with Crippen LogP contribution in [0.15, 0.2) is 53.0 Å². The fourth-order valence-electron chi connectivity index (χ4n) is 2.61. The van der Waals surface area contributed by atoms with Gasteiger partial charge in [-0.1, -0.05) is 36.0 Å². The van der Waals surface area contributed by atoms with Crippen molar-refractivity contribution in [3.8, 4) is 5.69 Å². The summed E-state index contributed by atoms with van der Waals surface area (Å²) in [5.41, 5.74) is 1.00. The van der Waals surface area contributed by atoms with Gasteiger partial charge in [0.1, 0.15) is 11.1 Å². The van der Waals surface area contributed by atoms with Gasteiger partial charge in [0.25, 0.3) is 0 Å². The molecule has 1 aromatic carbocycles. The van der Waals surface area contributed by atoms with E-state index in [4.69, 9.17) is 4.74 Å². The second-order valence-electron chi connectivity index (χ2n) is 5.39. The van der Waals surface area contributed by atoms with Crippen LogP contribution in [0.25, 0.3) is 5.69 Å². The zero-order chi connectivity index (χ0) is 16.4. The molecule has 122 valence electrons. The standard InChI is InChI=1S/C17H15N3O2S2/c21-16-14(8-9-22-16)24-17-19-18-15(11-13-7-4-10-23-13)20(17)12-5-2-1-3-6-12/h1-7,10,14H,8-9,11H2/t14-/m1/s1. The normalized spacial score (nSPS) is 17.2. The molecule has 7 heteroatoms. The Kier molecular flexibility index (Phi) is 4.36. The molecule has 0 N–H and O–H groups in total. The van der Waals surface area contributed by atoms with E-state index >= 15 is 0 Å². The van der Waals surface area contributed by atoms with E-state index in [-0.39, 0.29) is 11.2 Å². The van der Waals surface area contributed by atoms with E-state index < -0.39 is 0 Å². The van der Waals surface area contributed by atoms with Gasteiger partial charge in [-0.15, -0.1) is 21.5 Å². The summed E-state index contributed by atoms with van der Waals surface area (Å²) >= 11 is 3.13. The number of carbonyl (C=O) groups is 1. The lowest BCUT2D eigenvalue weighted by molar-refractivity contribution is -0.137. The minimum atomic E-state index is -0.203. The number of hydrogen-bond acceptors (Lipinski definition) is 6. The highest BCUT2D eigenvalue weighted by Crippen LogP contribution is 2.31. The number of para-hydroxylation sites is 1. The predicted octanol–water partition coefficient (Wildman–Crippen LogP) is 3.33. The van der Waals surface area contributed by atoms with Crippen LogP contribution < -0.4 is 0 Å². The molecule has 5 nitrogen and oxygen atoms in total. The van der Waals surface area contributed by atoms with Gasteiger partial charge in [0.05, 0.1) is 6.61 Å². The molecule has 3 heterocycles. The highest BCUT2D eigenvalue weighted by Gasteiger charge is 2.30. The van der Waals surface area contributed by atoms with Crippen LogP contribution in [0.2, 0.25) is 0 Å². The molecule has 1 saturated heterocycles. The van der Waals surface area contributed by atoms with Gasteiger partial charge in [-0.2, -0.15) is 0 Å². The fraction of sp³-hybridized carbons (Fsp3) is 0.235. The minimum Gasteiger partial charge on any atom is -0.465 e. The van der Waals surface area contributed by atoms with Crippen molar-refractivity contribution in [1.82, 2.24) is 14.8 Å². The van der Waals surface area contributed by atoms with Crippen LogP contribution in [-0.2, 0) is 16.0 Å². The van der Waals surface area contributed by atoms with Gasteiger partial charge in [0.2, 0.25) is 0 Å². The maximum Gasteiger partial charge on any atom is 0.319 e. The minimum absolute atomic E-state index is 0.164.